The van der Waals surface area contributed by atoms with Crippen LogP contribution in [0.2, 0.25) is 0 Å². The molecule has 0 aromatic carbocycles. The van der Waals surface area contributed by atoms with E-state index in [1.807, 2.05) is 0 Å². The molecule has 1 aliphatic heterocycles. The van der Waals surface area contributed by atoms with Gasteiger partial charge in [0, 0.05) is 33.4 Å². The molecule has 1 heterocycles. The summed E-state index contributed by atoms with van der Waals surface area (Å²) in [6.07, 6.45) is 8.99. The monoisotopic (exact) mass is 480 g/mol. The fraction of sp³-hybridized carbons (Fsp3) is 0.950. The highest BCUT2D eigenvalue weighted by atomic mass is 127. The molecule has 2 rings (SSSR count). The highest BCUT2D eigenvalue weighted by molar-refractivity contribution is 14.0. The van der Waals surface area contributed by atoms with Crippen LogP contribution in [-0.2, 0) is 4.74 Å². The zero-order valence-electron chi connectivity index (χ0n) is 17.2. The van der Waals surface area contributed by atoms with Gasteiger partial charge in [0.15, 0.2) is 5.96 Å². The first-order valence-electron chi connectivity index (χ1n) is 10.4. The third kappa shape index (κ3) is 8.30. The lowest BCUT2D eigenvalue weighted by molar-refractivity contribution is 0.0778. The molecule has 1 aliphatic carbocycles. The zero-order valence-corrected chi connectivity index (χ0v) is 19.5. The molecule has 6 heteroatoms. The molecule has 2 fully saturated rings. The van der Waals surface area contributed by atoms with Crippen molar-refractivity contribution in [3.8, 4) is 0 Å². The molecule has 1 saturated carbocycles. The van der Waals surface area contributed by atoms with Crippen LogP contribution in [0, 0.1) is 11.3 Å². The van der Waals surface area contributed by atoms with E-state index in [9.17, 15) is 0 Å². The van der Waals surface area contributed by atoms with Crippen LogP contribution in [0.15, 0.2) is 4.99 Å². The highest BCUT2D eigenvalue weighted by Gasteiger charge is 2.36. The maximum atomic E-state index is 5.29. The number of nitrogens with one attached hydrogen (secondary N) is 2. The first-order chi connectivity index (χ1) is 12.2. The Kier molecular flexibility index (Phi) is 12.1. The van der Waals surface area contributed by atoms with E-state index in [4.69, 9.17) is 9.73 Å². The number of halogens is 1. The van der Waals surface area contributed by atoms with Gasteiger partial charge >= 0.3 is 0 Å². The van der Waals surface area contributed by atoms with E-state index < -0.39 is 0 Å². The number of rotatable bonds is 10. The van der Waals surface area contributed by atoms with Crippen molar-refractivity contribution in [2.75, 3.05) is 53.0 Å². The molecule has 0 aromatic rings. The molecule has 1 saturated heterocycles. The average Bonchev–Trinajstić information content (AvgIpc) is 2.58. The Labute approximate surface area is 178 Å². The minimum Gasteiger partial charge on any atom is -0.385 e. The Hall–Kier alpha value is -0.0800. The van der Waals surface area contributed by atoms with Crippen LogP contribution in [0.5, 0.6) is 0 Å². The number of guanidine groups is 1. The number of piperidine rings is 1. The Bertz CT molecular complexity index is 393. The van der Waals surface area contributed by atoms with Crippen molar-refractivity contribution in [2.45, 2.75) is 58.8 Å². The second kappa shape index (κ2) is 13.2. The summed E-state index contributed by atoms with van der Waals surface area (Å²) in [5.74, 6) is 1.90. The number of methoxy groups -OCH3 is 1. The molecular formula is C20H41IN4O. The lowest BCUT2D eigenvalue weighted by atomic mass is 9.67. The molecule has 26 heavy (non-hydrogen) atoms. The summed E-state index contributed by atoms with van der Waals surface area (Å²) in [5.41, 5.74) is 0.392. The van der Waals surface area contributed by atoms with Crippen molar-refractivity contribution >= 4 is 29.9 Å². The lowest BCUT2D eigenvalue weighted by Crippen LogP contribution is -2.41. The van der Waals surface area contributed by atoms with E-state index in [1.165, 1.54) is 58.2 Å². The Balaban J connectivity index is 0.00000338. The van der Waals surface area contributed by atoms with Crippen molar-refractivity contribution in [3.05, 3.63) is 0 Å². The molecule has 0 bridgehead atoms. The van der Waals surface area contributed by atoms with Crippen LogP contribution in [0.25, 0.3) is 0 Å². The molecule has 0 amide bonds. The fourth-order valence-electron chi connectivity index (χ4n) is 3.87. The third-order valence-corrected chi connectivity index (χ3v) is 5.99. The molecule has 0 radical (unpaired) electrons. The molecule has 2 aliphatic rings. The molecule has 2 N–H and O–H groups in total. The van der Waals surface area contributed by atoms with Crippen molar-refractivity contribution in [1.82, 2.24) is 15.5 Å². The minimum absolute atomic E-state index is 0. The number of aliphatic imine (C=N–C) groups is 1. The number of hydrogen-bond acceptors (Lipinski definition) is 3. The van der Waals surface area contributed by atoms with Gasteiger partial charge in [-0.05, 0) is 76.4 Å². The fourth-order valence-corrected chi connectivity index (χ4v) is 3.87. The zero-order chi connectivity index (χ0) is 18.0. The maximum absolute atomic E-state index is 5.29. The van der Waals surface area contributed by atoms with E-state index >= 15 is 0 Å². The van der Waals surface area contributed by atoms with Gasteiger partial charge < -0.3 is 20.3 Å². The van der Waals surface area contributed by atoms with E-state index in [2.05, 4.69) is 29.4 Å². The van der Waals surface area contributed by atoms with Gasteiger partial charge in [-0.15, -0.1) is 24.0 Å². The summed E-state index contributed by atoms with van der Waals surface area (Å²) in [7, 11) is 1.80. The first-order valence-corrected chi connectivity index (χ1v) is 10.4. The van der Waals surface area contributed by atoms with Gasteiger partial charge in [-0.25, -0.2) is 0 Å². The second-order valence-electron chi connectivity index (χ2n) is 8.10. The quantitative estimate of drug-likeness (QED) is 0.218. The number of nitrogens with zero attached hydrogens (tertiary/aromatic N) is 2. The predicted molar refractivity (Wildman–Crippen MR) is 122 cm³/mol. The predicted octanol–water partition coefficient (Wildman–Crippen LogP) is 3.49. The van der Waals surface area contributed by atoms with Gasteiger partial charge in [-0.2, -0.15) is 0 Å². The molecule has 0 unspecified atom stereocenters. The normalized spacial score (nSPS) is 21.0. The molecule has 5 nitrogen and oxygen atoms in total. The van der Waals surface area contributed by atoms with Crippen molar-refractivity contribution < 1.29 is 4.74 Å². The summed E-state index contributed by atoms with van der Waals surface area (Å²) >= 11 is 0. The van der Waals surface area contributed by atoms with Gasteiger partial charge in [0.2, 0.25) is 0 Å². The minimum atomic E-state index is 0. The van der Waals surface area contributed by atoms with Crippen LogP contribution in [-0.4, -0.2) is 63.8 Å². The van der Waals surface area contributed by atoms with Crippen LogP contribution < -0.4 is 10.6 Å². The summed E-state index contributed by atoms with van der Waals surface area (Å²) in [6.45, 7) is 12.0. The second-order valence-corrected chi connectivity index (χ2v) is 8.10. The molecule has 0 spiro atoms. The van der Waals surface area contributed by atoms with Gasteiger partial charge in [0.1, 0.15) is 0 Å². The number of hydrogen-bond donors (Lipinski definition) is 2. The highest BCUT2D eigenvalue weighted by Crippen LogP contribution is 2.44. The van der Waals surface area contributed by atoms with E-state index in [-0.39, 0.29) is 24.0 Å². The molecule has 154 valence electrons. The van der Waals surface area contributed by atoms with Gasteiger partial charge in [0.25, 0.3) is 0 Å². The first kappa shape index (κ1) is 24.0. The Morgan fingerprint density at radius 1 is 1.23 bits per heavy atom. The SMILES string of the molecule is CCNC(=NCC1(CCOC)CCC1)NCCCN1CCC(C)CC1.I. The molecule has 0 atom stereocenters. The van der Waals surface area contributed by atoms with Crippen molar-refractivity contribution in [1.29, 1.82) is 0 Å². The summed E-state index contributed by atoms with van der Waals surface area (Å²) in [6, 6.07) is 0. The van der Waals surface area contributed by atoms with Crippen LogP contribution >= 0.6 is 24.0 Å². The Morgan fingerprint density at radius 3 is 2.54 bits per heavy atom. The smallest absolute Gasteiger partial charge is 0.191 e. The van der Waals surface area contributed by atoms with E-state index in [1.54, 1.807) is 7.11 Å². The molecular weight excluding hydrogens is 439 g/mol. The van der Waals surface area contributed by atoms with E-state index in [0.29, 0.717) is 5.41 Å². The van der Waals surface area contributed by atoms with Gasteiger partial charge in [0.05, 0.1) is 0 Å². The largest absolute Gasteiger partial charge is 0.385 e. The maximum Gasteiger partial charge on any atom is 0.191 e. The van der Waals surface area contributed by atoms with Crippen LogP contribution in [0.1, 0.15) is 58.8 Å². The van der Waals surface area contributed by atoms with Gasteiger partial charge in [-0.3, -0.25) is 4.99 Å². The van der Waals surface area contributed by atoms with Crippen LogP contribution in [0.3, 0.4) is 0 Å². The lowest BCUT2D eigenvalue weighted by Gasteiger charge is -2.40. The van der Waals surface area contributed by atoms with E-state index in [0.717, 1.165) is 44.5 Å². The summed E-state index contributed by atoms with van der Waals surface area (Å²) < 4.78 is 5.29. The standard InChI is InChI=1S/C20H40N4O.HI/c1-4-21-19(23-17-20(9-5-10-20)11-16-25-3)22-12-6-13-24-14-7-18(2)8-15-24;/h18H,4-17H2,1-3H3,(H2,21,22,23);1H. The average molecular weight is 480 g/mol. The van der Waals surface area contributed by atoms with Crippen molar-refractivity contribution in [3.63, 3.8) is 0 Å². The topological polar surface area (TPSA) is 48.9 Å². The third-order valence-electron chi connectivity index (χ3n) is 5.99. The summed E-state index contributed by atoms with van der Waals surface area (Å²) in [5, 5.41) is 6.92. The molecule has 0 aromatic heterocycles. The van der Waals surface area contributed by atoms with Crippen molar-refractivity contribution in [2.24, 2.45) is 16.3 Å². The number of likely N-dealkylation sites (tertiary alicyclic amines) is 1. The summed E-state index contributed by atoms with van der Waals surface area (Å²) in [4.78, 5) is 7.49. The van der Waals surface area contributed by atoms with Gasteiger partial charge in [-0.1, -0.05) is 13.3 Å². The Morgan fingerprint density at radius 2 is 1.96 bits per heavy atom. The number of ether oxygens (including phenoxy) is 1. The van der Waals surface area contributed by atoms with Crippen LogP contribution in [0.4, 0.5) is 0 Å².